The average molecular weight is 335 g/mol. The Balaban J connectivity index is 2.16. The number of carbonyl (C=O) groups is 2. The van der Waals surface area contributed by atoms with E-state index >= 15 is 0 Å². The van der Waals surface area contributed by atoms with Crippen LogP contribution in [0.5, 0.6) is 0 Å². The molecule has 1 saturated carbocycles. The predicted octanol–water partition coefficient (Wildman–Crippen LogP) is 2.25. The van der Waals surface area contributed by atoms with Crippen LogP contribution in [0.2, 0.25) is 0 Å². The summed E-state index contributed by atoms with van der Waals surface area (Å²) in [5.74, 6) is -0.375. The first kappa shape index (κ1) is 18.5. The number of ether oxygens (including phenoxy) is 1. The Morgan fingerprint density at radius 2 is 1.96 bits per heavy atom. The quantitative estimate of drug-likeness (QED) is 0.810. The topological polar surface area (TPSA) is 63.6 Å². The molecule has 1 heterocycles. The first-order valence-corrected chi connectivity index (χ1v) is 8.75. The first-order valence-electron chi connectivity index (χ1n) is 8.75. The summed E-state index contributed by atoms with van der Waals surface area (Å²) in [6.45, 7) is 2.13. The molecule has 1 atom stereocenters. The van der Waals surface area contributed by atoms with Crippen LogP contribution in [0, 0.1) is 0 Å². The number of likely N-dealkylation sites (N-methyl/N-ethyl adjacent to an activating group) is 1. The molecule has 2 rings (SSSR count). The standard InChI is InChI=1S/C18H29N3O3/c1-5-24-18(23)16(20(2)3)14-11-12-15(21(14)4)17(22)19-13-9-7-6-8-10-13/h11-13,16H,5-10H2,1-4H3,(H,19,22). The smallest absolute Gasteiger partial charge is 0.329 e. The number of hydrogen-bond donors (Lipinski definition) is 1. The van der Waals surface area contributed by atoms with Crippen molar-refractivity contribution in [2.45, 2.75) is 51.1 Å². The number of hydrogen-bond acceptors (Lipinski definition) is 4. The van der Waals surface area contributed by atoms with E-state index in [-0.39, 0.29) is 17.9 Å². The van der Waals surface area contributed by atoms with E-state index in [0.29, 0.717) is 12.3 Å². The van der Waals surface area contributed by atoms with Crippen LogP contribution in [0.4, 0.5) is 0 Å². The van der Waals surface area contributed by atoms with E-state index in [1.165, 1.54) is 19.3 Å². The van der Waals surface area contributed by atoms with Crippen molar-refractivity contribution in [3.8, 4) is 0 Å². The molecule has 0 aliphatic heterocycles. The molecule has 0 bridgehead atoms. The van der Waals surface area contributed by atoms with Gasteiger partial charge in [-0.05, 0) is 46.0 Å². The minimum absolute atomic E-state index is 0.0722. The summed E-state index contributed by atoms with van der Waals surface area (Å²) in [6.07, 6.45) is 5.70. The molecule has 1 aliphatic carbocycles. The highest BCUT2D eigenvalue weighted by molar-refractivity contribution is 5.93. The zero-order chi connectivity index (χ0) is 17.7. The van der Waals surface area contributed by atoms with Gasteiger partial charge in [-0.1, -0.05) is 19.3 Å². The van der Waals surface area contributed by atoms with E-state index < -0.39 is 6.04 Å². The number of carbonyl (C=O) groups excluding carboxylic acids is 2. The van der Waals surface area contributed by atoms with E-state index in [1.54, 1.807) is 22.5 Å². The Morgan fingerprint density at radius 3 is 2.54 bits per heavy atom. The lowest BCUT2D eigenvalue weighted by Crippen LogP contribution is -2.37. The third-order valence-corrected chi connectivity index (χ3v) is 4.64. The molecule has 1 fully saturated rings. The zero-order valence-electron chi connectivity index (χ0n) is 15.2. The lowest BCUT2D eigenvalue weighted by atomic mass is 9.95. The molecule has 6 nitrogen and oxygen atoms in total. The Labute approximate surface area is 144 Å². The maximum absolute atomic E-state index is 12.6. The molecule has 0 saturated heterocycles. The van der Waals surface area contributed by atoms with Crippen LogP contribution in [0.15, 0.2) is 12.1 Å². The highest BCUT2D eigenvalue weighted by Gasteiger charge is 2.29. The van der Waals surface area contributed by atoms with E-state index in [9.17, 15) is 9.59 Å². The molecule has 6 heteroatoms. The molecule has 24 heavy (non-hydrogen) atoms. The van der Waals surface area contributed by atoms with Crippen LogP contribution in [-0.4, -0.2) is 48.1 Å². The van der Waals surface area contributed by atoms with Gasteiger partial charge in [0.1, 0.15) is 11.7 Å². The predicted molar refractivity (Wildman–Crippen MR) is 92.8 cm³/mol. The molecule has 1 aromatic rings. The zero-order valence-corrected chi connectivity index (χ0v) is 15.2. The van der Waals surface area contributed by atoms with Gasteiger partial charge in [0, 0.05) is 18.8 Å². The van der Waals surface area contributed by atoms with Crippen molar-refractivity contribution in [2.75, 3.05) is 20.7 Å². The third kappa shape index (κ3) is 4.17. The van der Waals surface area contributed by atoms with E-state index in [2.05, 4.69) is 5.32 Å². The summed E-state index contributed by atoms with van der Waals surface area (Å²) in [7, 11) is 5.48. The number of esters is 1. The van der Waals surface area contributed by atoms with Crippen molar-refractivity contribution in [1.82, 2.24) is 14.8 Å². The van der Waals surface area contributed by atoms with Gasteiger partial charge in [0.15, 0.2) is 0 Å². The molecule has 1 amide bonds. The van der Waals surface area contributed by atoms with Gasteiger partial charge in [-0.2, -0.15) is 0 Å². The molecule has 134 valence electrons. The number of amides is 1. The number of aromatic nitrogens is 1. The van der Waals surface area contributed by atoms with E-state index in [0.717, 1.165) is 18.5 Å². The summed E-state index contributed by atoms with van der Waals surface area (Å²) in [5, 5.41) is 3.12. The molecule has 1 unspecified atom stereocenters. The number of nitrogens with zero attached hydrogens (tertiary/aromatic N) is 2. The van der Waals surface area contributed by atoms with Gasteiger partial charge in [0.25, 0.3) is 5.91 Å². The normalized spacial score (nSPS) is 16.9. The van der Waals surface area contributed by atoms with Crippen molar-refractivity contribution in [1.29, 1.82) is 0 Å². The lowest BCUT2D eigenvalue weighted by Gasteiger charge is -2.24. The fourth-order valence-corrected chi connectivity index (χ4v) is 3.35. The third-order valence-electron chi connectivity index (χ3n) is 4.64. The van der Waals surface area contributed by atoms with Gasteiger partial charge < -0.3 is 14.6 Å². The lowest BCUT2D eigenvalue weighted by molar-refractivity contribution is -0.149. The van der Waals surface area contributed by atoms with Gasteiger partial charge in [0.2, 0.25) is 0 Å². The second-order valence-electron chi connectivity index (χ2n) is 6.63. The van der Waals surface area contributed by atoms with Crippen molar-refractivity contribution in [3.05, 3.63) is 23.5 Å². The summed E-state index contributed by atoms with van der Waals surface area (Å²) in [4.78, 5) is 26.6. The molecule has 1 N–H and O–H groups in total. The van der Waals surface area contributed by atoms with Crippen LogP contribution < -0.4 is 5.32 Å². The second kappa shape index (κ2) is 8.33. The van der Waals surface area contributed by atoms with Gasteiger partial charge in [-0.25, -0.2) is 4.79 Å². The highest BCUT2D eigenvalue weighted by Crippen LogP contribution is 2.23. The van der Waals surface area contributed by atoms with Crippen LogP contribution >= 0.6 is 0 Å². The van der Waals surface area contributed by atoms with Crippen LogP contribution in [0.25, 0.3) is 0 Å². The summed E-state index contributed by atoms with van der Waals surface area (Å²) in [6, 6.07) is 3.35. The van der Waals surface area contributed by atoms with Crippen molar-refractivity contribution in [2.24, 2.45) is 7.05 Å². The molecule has 0 spiro atoms. The maximum Gasteiger partial charge on any atom is 0.329 e. The van der Waals surface area contributed by atoms with Crippen molar-refractivity contribution >= 4 is 11.9 Å². The van der Waals surface area contributed by atoms with Crippen molar-refractivity contribution < 1.29 is 14.3 Å². The Kier molecular flexibility index (Phi) is 6.43. The molecule has 1 aromatic heterocycles. The SMILES string of the molecule is CCOC(=O)C(c1ccc(C(=O)NC2CCCCC2)n1C)N(C)C. The summed E-state index contributed by atoms with van der Waals surface area (Å²) >= 11 is 0. The average Bonchev–Trinajstić information content (AvgIpc) is 2.90. The van der Waals surface area contributed by atoms with Crippen LogP contribution in [-0.2, 0) is 16.6 Å². The monoisotopic (exact) mass is 335 g/mol. The second-order valence-corrected chi connectivity index (χ2v) is 6.63. The Morgan fingerprint density at radius 1 is 1.29 bits per heavy atom. The summed E-state index contributed by atoms with van der Waals surface area (Å²) < 4.78 is 6.96. The van der Waals surface area contributed by atoms with Gasteiger partial charge in [-0.3, -0.25) is 9.69 Å². The Bertz CT molecular complexity index is 574. The van der Waals surface area contributed by atoms with Crippen LogP contribution in [0.1, 0.15) is 61.3 Å². The Hall–Kier alpha value is -1.82. The first-order chi connectivity index (χ1) is 11.5. The molecule has 0 radical (unpaired) electrons. The van der Waals surface area contributed by atoms with Crippen LogP contribution in [0.3, 0.4) is 0 Å². The highest BCUT2D eigenvalue weighted by atomic mass is 16.5. The van der Waals surface area contributed by atoms with E-state index in [4.69, 9.17) is 4.74 Å². The van der Waals surface area contributed by atoms with Gasteiger partial charge >= 0.3 is 5.97 Å². The molecular formula is C18H29N3O3. The largest absolute Gasteiger partial charge is 0.465 e. The van der Waals surface area contributed by atoms with Gasteiger partial charge in [0.05, 0.1) is 6.61 Å². The minimum Gasteiger partial charge on any atom is -0.465 e. The van der Waals surface area contributed by atoms with Crippen molar-refractivity contribution in [3.63, 3.8) is 0 Å². The van der Waals surface area contributed by atoms with E-state index in [1.807, 2.05) is 27.2 Å². The number of rotatable bonds is 6. The fourth-order valence-electron chi connectivity index (χ4n) is 3.35. The maximum atomic E-state index is 12.6. The molecule has 1 aliphatic rings. The summed E-state index contributed by atoms with van der Waals surface area (Å²) in [5.41, 5.74) is 1.33. The fraction of sp³-hybridized carbons (Fsp3) is 0.667. The molecular weight excluding hydrogens is 306 g/mol. The molecule has 0 aromatic carbocycles. The minimum atomic E-state index is -0.522. The number of nitrogens with one attached hydrogen (secondary N) is 1. The van der Waals surface area contributed by atoms with Gasteiger partial charge in [-0.15, -0.1) is 0 Å².